The molecule has 0 aliphatic carbocycles. The first-order valence-electron chi connectivity index (χ1n) is 9.56. The van der Waals surface area contributed by atoms with E-state index in [2.05, 4.69) is 10.3 Å². The molecule has 0 saturated heterocycles. The van der Waals surface area contributed by atoms with Crippen molar-refractivity contribution in [2.24, 2.45) is 0 Å². The number of hydrogen-bond acceptors (Lipinski definition) is 2. The van der Waals surface area contributed by atoms with Gasteiger partial charge in [-0.05, 0) is 36.2 Å². The Morgan fingerprint density at radius 1 is 1.21 bits per heavy atom. The molecule has 3 aromatic rings. The van der Waals surface area contributed by atoms with Crippen molar-refractivity contribution >= 4 is 40.0 Å². The number of carbonyl (C=O) groups excluding carboxylic acids is 2. The second-order valence-electron chi connectivity index (χ2n) is 7.51. The highest BCUT2D eigenvalue weighted by Gasteiger charge is 2.31. The number of aromatic amines is 1. The molecule has 0 spiro atoms. The SMILES string of the molecule is O=C1Nc2ccccc2C1CCC(=O)N1CCc2[nH]c3ccc(Cl)cc3c2C1. The van der Waals surface area contributed by atoms with Gasteiger partial charge in [-0.15, -0.1) is 0 Å². The lowest BCUT2D eigenvalue weighted by Crippen LogP contribution is -2.36. The van der Waals surface area contributed by atoms with Crippen LogP contribution in [0.4, 0.5) is 5.69 Å². The van der Waals surface area contributed by atoms with Crippen LogP contribution in [0.2, 0.25) is 5.02 Å². The molecule has 0 saturated carbocycles. The quantitative estimate of drug-likeness (QED) is 0.699. The van der Waals surface area contributed by atoms with Gasteiger partial charge in [-0.1, -0.05) is 29.8 Å². The number of nitrogens with one attached hydrogen (secondary N) is 2. The minimum Gasteiger partial charge on any atom is -0.358 e. The Hall–Kier alpha value is -2.79. The van der Waals surface area contributed by atoms with Gasteiger partial charge in [-0.2, -0.15) is 0 Å². The number of amides is 2. The topological polar surface area (TPSA) is 65.2 Å². The molecule has 2 aliphatic rings. The van der Waals surface area contributed by atoms with Crippen molar-refractivity contribution in [3.63, 3.8) is 0 Å². The van der Waals surface area contributed by atoms with Crippen LogP contribution >= 0.6 is 11.6 Å². The zero-order chi connectivity index (χ0) is 19.3. The van der Waals surface area contributed by atoms with Gasteiger partial charge in [0.25, 0.3) is 0 Å². The summed E-state index contributed by atoms with van der Waals surface area (Å²) in [5.41, 5.74) is 5.25. The number of carbonyl (C=O) groups is 2. The Kier molecular flexibility index (Phi) is 4.13. The molecule has 1 aromatic heterocycles. The Morgan fingerprint density at radius 3 is 2.96 bits per heavy atom. The molecule has 2 amide bonds. The second kappa shape index (κ2) is 6.67. The number of aromatic nitrogens is 1. The molecule has 5 rings (SSSR count). The number of benzene rings is 2. The van der Waals surface area contributed by atoms with Gasteiger partial charge in [-0.25, -0.2) is 0 Å². The monoisotopic (exact) mass is 393 g/mol. The number of halogens is 1. The third-order valence-corrected chi connectivity index (χ3v) is 6.08. The highest BCUT2D eigenvalue weighted by molar-refractivity contribution is 6.31. The number of fused-ring (bicyclic) bond motifs is 4. The van der Waals surface area contributed by atoms with E-state index in [9.17, 15) is 9.59 Å². The fourth-order valence-corrected chi connectivity index (χ4v) is 4.56. The fraction of sp³-hybridized carbons (Fsp3) is 0.273. The molecule has 2 aliphatic heterocycles. The van der Waals surface area contributed by atoms with E-state index >= 15 is 0 Å². The summed E-state index contributed by atoms with van der Waals surface area (Å²) in [7, 11) is 0. The van der Waals surface area contributed by atoms with Crippen molar-refractivity contribution in [1.29, 1.82) is 0 Å². The van der Waals surface area contributed by atoms with Crippen LogP contribution in [0.3, 0.4) is 0 Å². The molecule has 2 aromatic carbocycles. The van der Waals surface area contributed by atoms with E-state index < -0.39 is 0 Å². The summed E-state index contributed by atoms with van der Waals surface area (Å²) in [5.74, 6) is -0.159. The first kappa shape index (κ1) is 17.3. The maximum absolute atomic E-state index is 12.9. The number of hydrogen-bond donors (Lipinski definition) is 2. The molecule has 1 unspecified atom stereocenters. The standard InChI is InChI=1S/C22H20ClN3O2/c23-13-5-7-19-16(11-13)17-12-26(10-9-20(17)24-19)21(27)8-6-15-14-3-1-2-4-18(14)25-22(15)28/h1-5,7,11,15,24H,6,8-10,12H2,(H,25,28). The lowest BCUT2D eigenvalue weighted by Gasteiger charge is -2.27. The van der Waals surface area contributed by atoms with Crippen molar-refractivity contribution < 1.29 is 9.59 Å². The highest BCUT2D eigenvalue weighted by atomic mass is 35.5. The van der Waals surface area contributed by atoms with E-state index in [0.717, 1.165) is 34.1 Å². The van der Waals surface area contributed by atoms with E-state index in [-0.39, 0.29) is 17.7 Å². The van der Waals surface area contributed by atoms with Crippen molar-refractivity contribution in [3.8, 4) is 0 Å². The average Bonchev–Trinajstić information content (AvgIpc) is 3.22. The lowest BCUT2D eigenvalue weighted by molar-refractivity contribution is -0.132. The summed E-state index contributed by atoms with van der Waals surface area (Å²) in [4.78, 5) is 30.5. The third kappa shape index (κ3) is 2.87. The van der Waals surface area contributed by atoms with E-state index in [1.165, 1.54) is 5.69 Å². The van der Waals surface area contributed by atoms with Crippen molar-refractivity contribution in [3.05, 3.63) is 64.3 Å². The second-order valence-corrected chi connectivity index (χ2v) is 7.94. The maximum Gasteiger partial charge on any atom is 0.232 e. The Morgan fingerprint density at radius 2 is 2.07 bits per heavy atom. The fourth-order valence-electron chi connectivity index (χ4n) is 4.39. The normalized spacial score (nSPS) is 18.1. The zero-order valence-electron chi connectivity index (χ0n) is 15.3. The van der Waals surface area contributed by atoms with E-state index in [4.69, 9.17) is 11.6 Å². The van der Waals surface area contributed by atoms with Gasteiger partial charge in [0.05, 0.1) is 5.92 Å². The molecule has 142 valence electrons. The molecule has 3 heterocycles. The largest absolute Gasteiger partial charge is 0.358 e. The summed E-state index contributed by atoms with van der Waals surface area (Å²) in [6, 6.07) is 13.5. The minimum atomic E-state index is -0.243. The number of nitrogens with zero attached hydrogens (tertiary/aromatic N) is 1. The summed E-state index contributed by atoms with van der Waals surface area (Å²) >= 11 is 6.16. The summed E-state index contributed by atoms with van der Waals surface area (Å²) in [5, 5.41) is 4.69. The third-order valence-electron chi connectivity index (χ3n) is 5.85. The molecule has 6 heteroatoms. The average molecular weight is 394 g/mol. The lowest BCUT2D eigenvalue weighted by atomic mass is 9.95. The number of H-pyrrole nitrogens is 1. The molecule has 0 fully saturated rings. The molecule has 0 bridgehead atoms. The van der Waals surface area contributed by atoms with Crippen molar-refractivity contribution in [2.45, 2.75) is 31.7 Å². The van der Waals surface area contributed by atoms with Crippen molar-refractivity contribution in [2.75, 3.05) is 11.9 Å². The zero-order valence-corrected chi connectivity index (χ0v) is 16.1. The molecular weight excluding hydrogens is 374 g/mol. The Labute approximate surface area is 167 Å². The van der Waals surface area contributed by atoms with Crippen LogP contribution in [0.15, 0.2) is 42.5 Å². The molecule has 5 nitrogen and oxygen atoms in total. The molecule has 2 N–H and O–H groups in total. The predicted molar refractivity (Wildman–Crippen MR) is 109 cm³/mol. The Balaban J connectivity index is 1.30. The summed E-state index contributed by atoms with van der Waals surface area (Å²) < 4.78 is 0. The summed E-state index contributed by atoms with van der Waals surface area (Å²) in [6.45, 7) is 1.28. The van der Waals surface area contributed by atoms with Gasteiger partial charge in [0.15, 0.2) is 0 Å². The smallest absolute Gasteiger partial charge is 0.232 e. The van der Waals surface area contributed by atoms with E-state index in [1.54, 1.807) is 0 Å². The predicted octanol–water partition coefficient (Wildman–Crippen LogP) is 4.22. The van der Waals surface area contributed by atoms with Gasteiger partial charge >= 0.3 is 0 Å². The van der Waals surface area contributed by atoms with Crippen LogP contribution in [-0.4, -0.2) is 28.2 Å². The van der Waals surface area contributed by atoms with Crippen LogP contribution in [0.1, 0.15) is 35.6 Å². The van der Waals surface area contributed by atoms with Crippen molar-refractivity contribution in [1.82, 2.24) is 9.88 Å². The van der Waals surface area contributed by atoms with Gasteiger partial charge in [-0.3, -0.25) is 9.59 Å². The van der Waals surface area contributed by atoms with Gasteiger partial charge in [0.2, 0.25) is 11.8 Å². The van der Waals surface area contributed by atoms with Gasteiger partial charge in [0, 0.05) is 58.8 Å². The number of rotatable bonds is 3. The van der Waals surface area contributed by atoms with Crippen LogP contribution in [0.5, 0.6) is 0 Å². The first-order valence-corrected chi connectivity index (χ1v) is 9.94. The minimum absolute atomic E-state index is 0.0128. The van der Waals surface area contributed by atoms with Crippen LogP contribution in [-0.2, 0) is 22.6 Å². The van der Waals surface area contributed by atoms with Gasteiger partial charge in [0.1, 0.15) is 0 Å². The number of para-hydroxylation sites is 1. The molecular formula is C22H20ClN3O2. The van der Waals surface area contributed by atoms with E-state index in [1.807, 2.05) is 47.4 Å². The van der Waals surface area contributed by atoms with Crippen LogP contribution in [0, 0.1) is 0 Å². The van der Waals surface area contributed by atoms with Crippen LogP contribution in [0.25, 0.3) is 10.9 Å². The number of anilines is 1. The molecule has 0 radical (unpaired) electrons. The highest BCUT2D eigenvalue weighted by Crippen LogP contribution is 2.35. The molecule has 1 atom stereocenters. The summed E-state index contributed by atoms with van der Waals surface area (Å²) in [6.07, 6.45) is 1.70. The maximum atomic E-state index is 12.9. The van der Waals surface area contributed by atoms with Crippen LogP contribution < -0.4 is 5.32 Å². The Bertz CT molecular complexity index is 1100. The molecule has 28 heavy (non-hydrogen) atoms. The van der Waals surface area contributed by atoms with Gasteiger partial charge < -0.3 is 15.2 Å². The first-order chi connectivity index (χ1) is 13.6. The van der Waals surface area contributed by atoms with E-state index in [0.29, 0.717) is 31.0 Å².